The van der Waals surface area contributed by atoms with Crippen LogP contribution in [0.5, 0.6) is 12.0 Å². The molecule has 1 unspecified atom stereocenters. The van der Waals surface area contributed by atoms with Crippen molar-refractivity contribution in [2.75, 3.05) is 32.2 Å². The average Bonchev–Trinajstić information content (AvgIpc) is 3.39. The predicted octanol–water partition coefficient (Wildman–Crippen LogP) is -0.0606. The summed E-state index contributed by atoms with van der Waals surface area (Å²) in [4.78, 5) is 14.3. The Kier molecular flexibility index (Phi) is 4.53. The zero-order valence-electron chi connectivity index (χ0n) is 13.2. The van der Waals surface area contributed by atoms with E-state index in [1.165, 1.54) is 14.2 Å². The van der Waals surface area contributed by atoms with Crippen molar-refractivity contribution in [3.05, 3.63) is 0 Å². The molecule has 1 aliphatic heterocycles. The first-order valence-electron chi connectivity index (χ1n) is 7.62. The maximum atomic E-state index is 12.1. The molecule has 9 nitrogen and oxygen atoms in total. The van der Waals surface area contributed by atoms with Crippen molar-refractivity contribution in [1.82, 2.24) is 19.7 Å². The number of aromatic nitrogens is 3. The Morgan fingerprint density at radius 3 is 2.30 bits per heavy atom. The van der Waals surface area contributed by atoms with E-state index in [4.69, 9.17) is 9.47 Å². The van der Waals surface area contributed by atoms with Gasteiger partial charge in [0.2, 0.25) is 16.0 Å². The number of nitrogens with zero attached hydrogens (tertiary/aromatic N) is 4. The number of rotatable bonds is 6. The van der Waals surface area contributed by atoms with E-state index in [9.17, 15) is 8.42 Å². The Balaban J connectivity index is 1.73. The molecule has 128 valence electrons. The van der Waals surface area contributed by atoms with Crippen molar-refractivity contribution in [1.29, 1.82) is 0 Å². The van der Waals surface area contributed by atoms with Crippen LogP contribution in [0.2, 0.25) is 0 Å². The van der Waals surface area contributed by atoms with E-state index in [0.29, 0.717) is 12.5 Å². The lowest BCUT2D eigenvalue weighted by molar-refractivity contribution is 0.338. The first-order valence-corrected chi connectivity index (χ1v) is 9.16. The fourth-order valence-corrected chi connectivity index (χ4v) is 4.22. The first-order chi connectivity index (χ1) is 11.0. The van der Waals surface area contributed by atoms with Crippen molar-refractivity contribution in [3.8, 4) is 12.0 Å². The van der Waals surface area contributed by atoms with E-state index in [2.05, 4.69) is 19.7 Å². The number of sulfonamides is 1. The lowest BCUT2D eigenvalue weighted by Crippen LogP contribution is -2.49. The highest BCUT2D eigenvalue weighted by Crippen LogP contribution is 2.28. The van der Waals surface area contributed by atoms with E-state index < -0.39 is 10.0 Å². The largest absolute Gasteiger partial charge is 0.467 e. The Bertz CT molecular complexity index is 642. The third-order valence-electron chi connectivity index (χ3n) is 3.95. The molecular formula is C13H21N5O4S. The van der Waals surface area contributed by atoms with Crippen molar-refractivity contribution < 1.29 is 17.9 Å². The molecule has 10 heteroatoms. The second kappa shape index (κ2) is 6.44. The Hall–Kier alpha value is -1.68. The normalized spacial score (nSPS) is 22.0. The summed E-state index contributed by atoms with van der Waals surface area (Å²) in [5, 5.41) is -0.213. The van der Waals surface area contributed by atoms with Gasteiger partial charge in [0.1, 0.15) is 0 Å². The minimum Gasteiger partial charge on any atom is -0.467 e. The molecule has 2 heterocycles. The Morgan fingerprint density at radius 1 is 1.09 bits per heavy atom. The maximum Gasteiger partial charge on any atom is 0.324 e. The first kappa shape index (κ1) is 16.2. The second-order valence-electron chi connectivity index (χ2n) is 5.76. The third kappa shape index (κ3) is 3.81. The van der Waals surface area contributed by atoms with Crippen molar-refractivity contribution in [3.63, 3.8) is 0 Å². The predicted molar refractivity (Wildman–Crippen MR) is 83.2 cm³/mol. The molecule has 1 saturated carbocycles. The second-order valence-corrected chi connectivity index (χ2v) is 7.75. The van der Waals surface area contributed by atoms with Gasteiger partial charge in [-0.15, -0.1) is 4.98 Å². The fraction of sp³-hybridized carbons (Fsp3) is 0.769. The van der Waals surface area contributed by atoms with Crippen LogP contribution in [0.15, 0.2) is 0 Å². The van der Waals surface area contributed by atoms with E-state index in [1.54, 1.807) is 0 Å². The lowest BCUT2D eigenvalue weighted by Gasteiger charge is -2.33. The molecule has 3 rings (SSSR count). The highest BCUT2D eigenvalue weighted by atomic mass is 32.2. The standard InChI is InChI=1S/C13H21N5O4S/c1-21-12-14-11(15-13(16-12)22-2)18-7-3-4-9(8-18)17-23(19,20)10-5-6-10/h9-10,17H,3-8H2,1-2H3. The van der Waals surface area contributed by atoms with Crippen LogP contribution >= 0.6 is 0 Å². The van der Waals surface area contributed by atoms with Gasteiger partial charge >= 0.3 is 12.0 Å². The van der Waals surface area contributed by atoms with Gasteiger partial charge in [-0.05, 0) is 25.7 Å². The van der Waals surface area contributed by atoms with E-state index in [0.717, 1.165) is 32.2 Å². The van der Waals surface area contributed by atoms with Crippen molar-refractivity contribution in [2.24, 2.45) is 0 Å². The third-order valence-corrected chi connectivity index (χ3v) is 5.96. The number of hydrogen-bond donors (Lipinski definition) is 1. The monoisotopic (exact) mass is 343 g/mol. The van der Waals surface area contributed by atoms with Crippen LogP contribution in [-0.4, -0.2) is 62.0 Å². The zero-order chi connectivity index (χ0) is 16.4. The van der Waals surface area contributed by atoms with Crippen molar-refractivity contribution >= 4 is 16.0 Å². The Morgan fingerprint density at radius 2 is 1.74 bits per heavy atom. The number of nitrogens with one attached hydrogen (secondary N) is 1. The van der Waals surface area contributed by atoms with Gasteiger partial charge in [-0.25, -0.2) is 13.1 Å². The minimum absolute atomic E-state index is 0.136. The SMILES string of the molecule is COc1nc(OC)nc(N2CCCC(NS(=O)(=O)C3CC3)C2)n1. The van der Waals surface area contributed by atoms with Crippen LogP contribution in [0.1, 0.15) is 25.7 Å². The summed E-state index contributed by atoms with van der Waals surface area (Å²) in [6.45, 7) is 1.26. The van der Waals surface area contributed by atoms with Crippen LogP contribution in [-0.2, 0) is 10.0 Å². The molecule has 1 aromatic rings. The average molecular weight is 343 g/mol. The Labute approximate surface area is 135 Å². The van der Waals surface area contributed by atoms with E-state index >= 15 is 0 Å². The van der Waals surface area contributed by atoms with Gasteiger partial charge in [0.15, 0.2) is 0 Å². The molecule has 0 amide bonds. The molecule has 1 aliphatic carbocycles. The van der Waals surface area contributed by atoms with E-state index in [-0.39, 0.29) is 23.3 Å². The molecule has 23 heavy (non-hydrogen) atoms. The van der Waals surface area contributed by atoms with Gasteiger partial charge in [-0.1, -0.05) is 0 Å². The summed E-state index contributed by atoms with van der Waals surface area (Å²) in [6.07, 6.45) is 3.18. The highest BCUT2D eigenvalue weighted by Gasteiger charge is 2.37. The summed E-state index contributed by atoms with van der Waals surface area (Å²) >= 11 is 0. The van der Waals surface area contributed by atoms with Crippen LogP contribution < -0.4 is 19.1 Å². The molecular weight excluding hydrogens is 322 g/mol. The molecule has 0 bridgehead atoms. The van der Waals surface area contributed by atoms with Crippen LogP contribution in [0, 0.1) is 0 Å². The van der Waals surface area contributed by atoms with E-state index in [1.807, 2.05) is 4.90 Å². The molecule has 2 aliphatic rings. The summed E-state index contributed by atoms with van der Waals surface area (Å²) in [5.74, 6) is 0.434. The highest BCUT2D eigenvalue weighted by molar-refractivity contribution is 7.90. The molecule has 0 aromatic carbocycles. The van der Waals surface area contributed by atoms with Crippen molar-refractivity contribution in [2.45, 2.75) is 37.0 Å². The van der Waals surface area contributed by atoms with Gasteiger partial charge in [-0.2, -0.15) is 9.97 Å². The number of ether oxygens (including phenoxy) is 2. The molecule has 2 fully saturated rings. The number of anilines is 1. The zero-order valence-corrected chi connectivity index (χ0v) is 14.0. The number of methoxy groups -OCH3 is 2. The number of hydrogen-bond acceptors (Lipinski definition) is 8. The van der Waals surface area contributed by atoms with Gasteiger partial charge in [0.25, 0.3) is 0 Å². The molecule has 1 saturated heterocycles. The quantitative estimate of drug-likeness (QED) is 0.765. The molecule has 0 radical (unpaired) electrons. The maximum absolute atomic E-state index is 12.1. The molecule has 0 spiro atoms. The summed E-state index contributed by atoms with van der Waals surface area (Å²) in [7, 11) is -0.250. The van der Waals surface area contributed by atoms with Crippen LogP contribution in [0.3, 0.4) is 0 Å². The topological polar surface area (TPSA) is 107 Å². The van der Waals surface area contributed by atoms with Crippen LogP contribution in [0.4, 0.5) is 5.95 Å². The summed E-state index contributed by atoms with van der Waals surface area (Å²) < 4.78 is 37.1. The molecule has 1 N–H and O–H groups in total. The van der Waals surface area contributed by atoms with Gasteiger partial charge in [0, 0.05) is 19.1 Å². The molecule has 1 aromatic heterocycles. The van der Waals surface area contributed by atoms with Gasteiger partial charge in [-0.3, -0.25) is 0 Å². The minimum atomic E-state index is -3.20. The molecule has 1 atom stereocenters. The smallest absolute Gasteiger partial charge is 0.324 e. The van der Waals surface area contributed by atoms with Gasteiger partial charge in [0.05, 0.1) is 19.5 Å². The summed E-state index contributed by atoms with van der Waals surface area (Å²) in [5.41, 5.74) is 0. The lowest BCUT2D eigenvalue weighted by atomic mass is 10.1. The fourth-order valence-electron chi connectivity index (χ4n) is 2.61. The van der Waals surface area contributed by atoms with Crippen LogP contribution in [0.25, 0.3) is 0 Å². The number of piperidine rings is 1. The van der Waals surface area contributed by atoms with Gasteiger partial charge < -0.3 is 14.4 Å². The summed E-state index contributed by atoms with van der Waals surface area (Å²) in [6, 6.07) is 0.211.